The van der Waals surface area contributed by atoms with Crippen LogP contribution in [0, 0.1) is 0 Å². The fraction of sp³-hybridized carbons (Fsp3) is 0.462. The van der Waals surface area contributed by atoms with Crippen LogP contribution in [0.1, 0.15) is 24.8 Å². The summed E-state index contributed by atoms with van der Waals surface area (Å²) in [5.74, 6) is 0.458. The molecule has 0 spiro atoms. The van der Waals surface area contributed by atoms with E-state index >= 15 is 0 Å². The molecule has 1 heterocycles. The molecule has 2 unspecified atom stereocenters. The third-order valence-corrected chi connectivity index (χ3v) is 3.51. The highest BCUT2D eigenvalue weighted by molar-refractivity contribution is 9.10. The Labute approximate surface area is 114 Å². The second kappa shape index (κ2) is 5.71. The molecule has 1 amide bonds. The number of amides is 1. The summed E-state index contributed by atoms with van der Waals surface area (Å²) in [6.45, 7) is 2.33. The normalized spacial score (nSPS) is 18.9. The Balaban J connectivity index is 2.08. The van der Waals surface area contributed by atoms with Crippen LogP contribution in [0.15, 0.2) is 22.7 Å². The number of carbonyl (C=O) groups excluding carboxylic acids is 1. The molecule has 0 radical (unpaired) electrons. The zero-order valence-corrected chi connectivity index (χ0v) is 11.7. The molecule has 2 rings (SSSR count). The Hall–Kier alpha value is -1.07. The van der Waals surface area contributed by atoms with Gasteiger partial charge in [0.1, 0.15) is 18.3 Å². The van der Waals surface area contributed by atoms with Gasteiger partial charge in [0.2, 0.25) is 5.91 Å². The van der Waals surface area contributed by atoms with Gasteiger partial charge in [0, 0.05) is 22.7 Å². The molecule has 1 aliphatic rings. The highest BCUT2D eigenvalue weighted by atomic mass is 79.9. The molecule has 1 aromatic carbocycles. The number of nitrogens with one attached hydrogen (secondary N) is 1. The van der Waals surface area contributed by atoms with E-state index < -0.39 is 0 Å². The summed E-state index contributed by atoms with van der Waals surface area (Å²) in [6.07, 6.45) is 0.560. The highest BCUT2D eigenvalue weighted by Crippen LogP contribution is 2.35. The Bertz CT molecular complexity index is 450. The smallest absolute Gasteiger partial charge is 0.231 e. The van der Waals surface area contributed by atoms with E-state index in [9.17, 15) is 4.79 Å². The fourth-order valence-corrected chi connectivity index (χ4v) is 2.39. The maximum absolute atomic E-state index is 12.1. The number of carbonyl (C=O) groups is 1. The number of hydrogen-bond acceptors (Lipinski definition) is 3. The van der Waals surface area contributed by atoms with E-state index in [-0.39, 0.29) is 24.5 Å². The first-order valence-electron chi connectivity index (χ1n) is 5.95. The van der Waals surface area contributed by atoms with E-state index in [0.717, 1.165) is 15.8 Å². The SMILES string of the molecule is CC(CCO)NC(=O)C1COc2ccc(Br)cc21. The molecule has 0 aliphatic carbocycles. The van der Waals surface area contributed by atoms with E-state index in [2.05, 4.69) is 21.2 Å². The number of halogens is 1. The summed E-state index contributed by atoms with van der Waals surface area (Å²) in [7, 11) is 0. The van der Waals surface area contributed by atoms with Crippen molar-refractivity contribution in [2.75, 3.05) is 13.2 Å². The second-order valence-electron chi connectivity index (χ2n) is 4.47. The fourth-order valence-electron chi connectivity index (χ4n) is 2.01. The number of aliphatic hydroxyl groups is 1. The molecule has 1 aliphatic heterocycles. The molecule has 2 N–H and O–H groups in total. The number of benzene rings is 1. The van der Waals surface area contributed by atoms with Gasteiger partial charge < -0.3 is 15.2 Å². The minimum atomic E-state index is -0.265. The van der Waals surface area contributed by atoms with E-state index in [0.29, 0.717) is 13.0 Å². The summed E-state index contributed by atoms with van der Waals surface area (Å²) in [5, 5.41) is 11.7. The molecule has 0 aromatic heterocycles. The van der Waals surface area contributed by atoms with Crippen LogP contribution in [0.4, 0.5) is 0 Å². The number of rotatable bonds is 4. The zero-order chi connectivity index (χ0) is 13.1. The van der Waals surface area contributed by atoms with Crippen LogP contribution in [0.2, 0.25) is 0 Å². The molecule has 2 atom stereocenters. The third-order valence-electron chi connectivity index (χ3n) is 3.02. The predicted molar refractivity (Wildman–Crippen MR) is 71.7 cm³/mol. The van der Waals surface area contributed by atoms with Crippen molar-refractivity contribution in [1.82, 2.24) is 5.32 Å². The van der Waals surface area contributed by atoms with Crippen LogP contribution in [0.25, 0.3) is 0 Å². The van der Waals surface area contributed by atoms with E-state index in [1.165, 1.54) is 0 Å². The molecule has 4 nitrogen and oxygen atoms in total. The van der Waals surface area contributed by atoms with Gasteiger partial charge in [-0.2, -0.15) is 0 Å². The number of fused-ring (bicyclic) bond motifs is 1. The van der Waals surface area contributed by atoms with Gasteiger partial charge in [-0.15, -0.1) is 0 Å². The van der Waals surface area contributed by atoms with Crippen molar-refractivity contribution in [1.29, 1.82) is 0 Å². The quantitative estimate of drug-likeness (QED) is 0.891. The Morgan fingerprint density at radius 2 is 2.44 bits per heavy atom. The lowest BCUT2D eigenvalue weighted by Gasteiger charge is -2.15. The number of ether oxygens (including phenoxy) is 1. The van der Waals surface area contributed by atoms with Gasteiger partial charge in [-0.05, 0) is 31.5 Å². The Kier molecular flexibility index (Phi) is 4.24. The molecule has 1 aromatic rings. The van der Waals surface area contributed by atoms with Crippen LogP contribution >= 0.6 is 15.9 Å². The van der Waals surface area contributed by atoms with Crippen molar-refractivity contribution in [2.45, 2.75) is 25.3 Å². The van der Waals surface area contributed by atoms with E-state index in [4.69, 9.17) is 9.84 Å². The number of aliphatic hydroxyl groups excluding tert-OH is 1. The first-order chi connectivity index (χ1) is 8.61. The molecular formula is C13H16BrNO3. The van der Waals surface area contributed by atoms with Gasteiger partial charge in [0.05, 0.1) is 0 Å². The van der Waals surface area contributed by atoms with Crippen molar-refractivity contribution in [2.24, 2.45) is 0 Å². The van der Waals surface area contributed by atoms with Crippen LogP contribution in [-0.2, 0) is 4.79 Å². The van der Waals surface area contributed by atoms with Gasteiger partial charge in [-0.1, -0.05) is 15.9 Å². The van der Waals surface area contributed by atoms with Crippen LogP contribution in [0.5, 0.6) is 5.75 Å². The Morgan fingerprint density at radius 3 is 3.17 bits per heavy atom. The average Bonchev–Trinajstić information content (AvgIpc) is 2.71. The average molecular weight is 314 g/mol. The van der Waals surface area contributed by atoms with Gasteiger partial charge in [-0.3, -0.25) is 4.79 Å². The molecule has 98 valence electrons. The topological polar surface area (TPSA) is 58.6 Å². The molecule has 0 bridgehead atoms. The zero-order valence-electron chi connectivity index (χ0n) is 10.1. The lowest BCUT2D eigenvalue weighted by molar-refractivity contribution is -0.123. The van der Waals surface area contributed by atoms with E-state index in [1.807, 2.05) is 25.1 Å². The van der Waals surface area contributed by atoms with E-state index in [1.54, 1.807) is 0 Å². The van der Waals surface area contributed by atoms with Gasteiger partial charge in [0.25, 0.3) is 0 Å². The largest absolute Gasteiger partial charge is 0.492 e. The van der Waals surface area contributed by atoms with Gasteiger partial charge in [-0.25, -0.2) is 0 Å². The van der Waals surface area contributed by atoms with Crippen LogP contribution < -0.4 is 10.1 Å². The lowest BCUT2D eigenvalue weighted by atomic mass is 10.00. The van der Waals surface area contributed by atoms with Gasteiger partial charge >= 0.3 is 0 Å². The van der Waals surface area contributed by atoms with Crippen molar-refractivity contribution < 1.29 is 14.6 Å². The summed E-state index contributed by atoms with van der Waals surface area (Å²) in [6, 6.07) is 5.65. The van der Waals surface area contributed by atoms with Gasteiger partial charge in [0.15, 0.2) is 0 Å². The standard InChI is InChI=1S/C13H16BrNO3/c1-8(4-5-16)15-13(17)11-7-18-12-3-2-9(14)6-10(11)12/h2-3,6,8,11,16H,4-5,7H2,1H3,(H,15,17). The van der Waals surface area contributed by atoms with Crippen molar-refractivity contribution in [3.63, 3.8) is 0 Å². The Morgan fingerprint density at radius 1 is 1.67 bits per heavy atom. The highest BCUT2D eigenvalue weighted by Gasteiger charge is 2.30. The summed E-state index contributed by atoms with van der Waals surface area (Å²) >= 11 is 3.40. The van der Waals surface area contributed by atoms with Crippen molar-refractivity contribution in [3.05, 3.63) is 28.2 Å². The monoisotopic (exact) mass is 313 g/mol. The third kappa shape index (κ3) is 2.84. The second-order valence-corrected chi connectivity index (χ2v) is 5.38. The maximum Gasteiger partial charge on any atom is 0.231 e. The summed E-state index contributed by atoms with van der Waals surface area (Å²) < 4.78 is 6.44. The molecule has 0 fully saturated rings. The van der Waals surface area contributed by atoms with Crippen LogP contribution in [-0.4, -0.2) is 30.3 Å². The maximum atomic E-state index is 12.1. The molecule has 0 saturated heterocycles. The first-order valence-corrected chi connectivity index (χ1v) is 6.74. The minimum Gasteiger partial charge on any atom is -0.492 e. The molecule has 0 saturated carbocycles. The lowest BCUT2D eigenvalue weighted by Crippen LogP contribution is -2.37. The number of hydrogen-bond donors (Lipinski definition) is 2. The summed E-state index contributed by atoms with van der Waals surface area (Å²) in [5.41, 5.74) is 0.915. The molecular weight excluding hydrogens is 298 g/mol. The molecule has 5 heteroatoms. The predicted octanol–water partition coefficient (Wildman–Crippen LogP) is 1.81. The van der Waals surface area contributed by atoms with Crippen molar-refractivity contribution in [3.8, 4) is 5.75 Å². The molecule has 18 heavy (non-hydrogen) atoms. The van der Waals surface area contributed by atoms with Crippen LogP contribution in [0.3, 0.4) is 0 Å². The van der Waals surface area contributed by atoms with Crippen molar-refractivity contribution >= 4 is 21.8 Å². The summed E-state index contributed by atoms with van der Waals surface area (Å²) in [4.78, 5) is 12.1. The first kappa shape index (κ1) is 13.4. The minimum absolute atomic E-state index is 0.0290.